The zero-order valence-corrected chi connectivity index (χ0v) is 32.8. The van der Waals surface area contributed by atoms with Gasteiger partial charge in [-0.15, -0.1) is 0 Å². The van der Waals surface area contributed by atoms with Gasteiger partial charge in [-0.1, -0.05) is 0 Å². The largest absolute Gasteiger partial charge is 0.391 e. The van der Waals surface area contributed by atoms with Crippen LogP contribution >= 0.6 is 0 Å². The molecule has 4 aliphatic heterocycles. The number of hydrogen-bond acceptors (Lipinski definition) is 4. The lowest BCUT2D eigenvalue weighted by atomic mass is 9.93. The lowest BCUT2D eigenvalue weighted by Crippen LogP contribution is -2.51. The molecule has 0 bridgehead atoms. The second-order valence-electron chi connectivity index (χ2n) is 18.4. The van der Waals surface area contributed by atoms with Crippen LogP contribution in [0.4, 0.5) is 35.1 Å². The van der Waals surface area contributed by atoms with Crippen molar-refractivity contribution in [3.05, 3.63) is 0 Å². The fourth-order valence-electron chi connectivity index (χ4n) is 6.44. The first-order valence-corrected chi connectivity index (χ1v) is 18.3. The monoisotopic (exact) mass is 723 g/mol. The number of rotatable bonds is 0. The summed E-state index contributed by atoms with van der Waals surface area (Å²) in [5.41, 5.74) is 0.136. The number of hydrogen-bond donors (Lipinski definition) is 0. The van der Waals surface area contributed by atoms with Crippen LogP contribution in [-0.2, 0) is 0 Å². The Balaban J connectivity index is 0.000000328. The fourth-order valence-corrected chi connectivity index (χ4v) is 6.44. The summed E-state index contributed by atoms with van der Waals surface area (Å²) in [7, 11) is 0. The third-order valence-electron chi connectivity index (χ3n) is 10.1. The molecule has 0 aliphatic carbocycles. The van der Waals surface area contributed by atoms with Crippen molar-refractivity contribution < 1.29 is 35.1 Å². The summed E-state index contributed by atoms with van der Waals surface area (Å²) in [5, 5.41) is 0. The molecule has 12 heteroatoms. The van der Waals surface area contributed by atoms with Gasteiger partial charge in [-0.25, -0.2) is 22.0 Å². The number of nitrogens with zero attached hydrogens (tertiary/aromatic N) is 4. The van der Waals surface area contributed by atoms with Gasteiger partial charge in [-0.2, -0.15) is 13.2 Å². The van der Waals surface area contributed by atoms with Crippen LogP contribution in [0, 0.1) is 5.92 Å². The van der Waals surface area contributed by atoms with Crippen molar-refractivity contribution >= 4 is 0 Å². The standard InChI is InChI=1S/C10H18F3N.2C9H17F2N.C9H18FN/c1-9(2,3)14-6-4-8(5-7-14)10(11,12)13;1-8(2,3)12-6-4-9(10,11)5-7-12;1-8(2,3)12-6-4-5-9(10,11)7-12;1-9(2,3)11-6-4-8(10)5-7-11/h8H,4-7H2,1-3H3;2*4-7H2,1-3H3;8H,4-7H2,1-3H3. The van der Waals surface area contributed by atoms with E-state index in [2.05, 4.69) is 56.2 Å². The van der Waals surface area contributed by atoms with E-state index >= 15 is 0 Å². The molecule has 4 nitrogen and oxygen atoms in total. The third-order valence-corrected chi connectivity index (χ3v) is 10.1. The molecule has 4 rings (SSSR count). The van der Waals surface area contributed by atoms with Gasteiger partial charge in [0.25, 0.3) is 11.8 Å². The Morgan fingerprint density at radius 1 is 0.449 bits per heavy atom. The van der Waals surface area contributed by atoms with E-state index in [0.717, 1.165) is 32.5 Å². The molecule has 4 saturated heterocycles. The number of halogens is 8. The first-order valence-electron chi connectivity index (χ1n) is 18.3. The molecule has 0 atom stereocenters. The normalized spacial score (nSPS) is 24.5. The van der Waals surface area contributed by atoms with Gasteiger partial charge in [0.1, 0.15) is 6.17 Å². The van der Waals surface area contributed by atoms with Gasteiger partial charge < -0.3 is 0 Å². The van der Waals surface area contributed by atoms with Crippen molar-refractivity contribution in [2.45, 2.75) is 181 Å². The molecule has 0 aromatic carbocycles. The highest BCUT2D eigenvalue weighted by Gasteiger charge is 2.42. The molecule has 0 spiro atoms. The van der Waals surface area contributed by atoms with Gasteiger partial charge >= 0.3 is 6.18 Å². The lowest BCUT2D eigenvalue weighted by molar-refractivity contribution is -0.187. The van der Waals surface area contributed by atoms with Crippen LogP contribution in [0.1, 0.15) is 134 Å². The van der Waals surface area contributed by atoms with E-state index in [-0.39, 0.29) is 60.8 Å². The predicted molar refractivity (Wildman–Crippen MR) is 187 cm³/mol. The molecule has 4 aliphatic rings. The summed E-state index contributed by atoms with van der Waals surface area (Å²) in [5.74, 6) is -5.96. The second kappa shape index (κ2) is 17.9. The van der Waals surface area contributed by atoms with E-state index in [9.17, 15) is 35.1 Å². The van der Waals surface area contributed by atoms with E-state index in [1.54, 1.807) is 0 Å². The maximum absolute atomic E-state index is 12.9. The van der Waals surface area contributed by atoms with Crippen LogP contribution in [0.5, 0.6) is 0 Å². The summed E-state index contributed by atoms with van der Waals surface area (Å²) in [6.45, 7) is 29.6. The van der Waals surface area contributed by atoms with Crippen molar-refractivity contribution in [3.8, 4) is 0 Å². The minimum absolute atomic E-state index is 0.00340. The Hall–Kier alpha value is -0.720. The van der Waals surface area contributed by atoms with Crippen molar-refractivity contribution in [1.82, 2.24) is 19.6 Å². The smallest absolute Gasteiger partial charge is 0.298 e. The SMILES string of the molecule is CC(C)(C)N1CCC(C(F)(F)F)CC1.CC(C)(C)N1CCC(F)(F)CC1.CC(C)(C)N1CCC(F)CC1.CC(C)(C)N1CCCC(F)(F)C1. The van der Waals surface area contributed by atoms with Crippen LogP contribution in [0.2, 0.25) is 0 Å². The number of alkyl halides is 8. The summed E-state index contributed by atoms with van der Waals surface area (Å²) in [4.78, 5) is 8.44. The number of piperidine rings is 4. The van der Waals surface area contributed by atoms with Crippen molar-refractivity contribution in [2.75, 3.05) is 52.4 Å². The molecule has 0 unspecified atom stereocenters. The molecule has 0 saturated carbocycles. The molecular weight excluding hydrogens is 652 g/mol. The maximum Gasteiger partial charge on any atom is 0.391 e. The van der Waals surface area contributed by atoms with E-state index < -0.39 is 30.1 Å². The Morgan fingerprint density at radius 3 is 1.10 bits per heavy atom. The van der Waals surface area contributed by atoms with E-state index in [4.69, 9.17) is 0 Å². The summed E-state index contributed by atoms with van der Waals surface area (Å²) >= 11 is 0. The molecule has 0 radical (unpaired) electrons. The topological polar surface area (TPSA) is 13.0 Å². The first-order chi connectivity index (χ1) is 21.8. The quantitative estimate of drug-likeness (QED) is 0.231. The molecular formula is C37H70F8N4. The first kappa shape index (κ1) is 46.3. The van der Waals surface area contributed by atoms with E-state index in [0.29, 0.717) is 32.6 Å². The molecule has 0 aromatic rings. The van der Waals surface area contributed by atoms with Crippen LogP contribution < -0.4 is 0 Å². The zero-order chi connectivity index (χ0) is 38.3. The average molecular weight is 723 g/mol. The summed E-state index contributed by atoms with van der Waals surface area (Å²) in [6.07, 6.45) is -1.90. The Bertz CT molecular complexity index is 893. The summed E-state index contributed by atoms with van der Waals surface area (Å²) in [6, 6.07) is 0. The highest BCUT2D eigenvalue weighted by Crippen LogP contribution is 2.36. The van der Waals surface area contributed by atoms with Gasteiger partial charge in [0, 0.05) is 67.6 Å². The van der Waals surface area contributed by atoms with Gasteiger partial charge in [-0.05, 0) is 135 Å². The molecule has 0 aromatic heterocycles. The van der Waals surface area contributed by atoms with Crippen LogP contribution in [0.25, 0.3) is 0 Å². The molecule has 49 heavy (non-hydrogen) atoms. The Kier molecular flexibility index (Phi) is 16.9. The minimum Gasteiger partial charge on any atom is -0.298 e. The van der Waals surface area contributed by atoms with Crippen molar-refractivity contribution in [3.63, 3.8) is 0 Å². The third kappa shape index (κ3) is 18.1. The second-order valence-corrected chi connectivity index (χ2v) is 18.4. The molecule has 4 heterocycles. The molecule has 4 fully saturated rings. The van der Waals surface area contributed by atoms with Crippen LogP contribution in [-0.4, -0.2) is 118 Å². The minimum atomic E-state index is -4.00. The molecule has 0 N–H and O–H groups in total. The van der Waals surface area contributed by atoms with Crippen LogP contribution in [0.15, 0.2) is 0 Å². The van der Waals surface area contributed by atoms with E-state index in [1.807, 2.05) is 46.4 Å². The highest BCUT2D eigenvalue weighted by molar-refractivity contribution is 4.87. The lowest BCUT2D eigenvalue weighted by Gasteiger charge is -2.41. The zero-order valence-electron chi connectivity index (χ0n) is 32.8. The number of likely N-dealkylation sites (tertiary alicyclic amines) is 4. The molecule has 0 amide bonds. The Morgan fingerprint density at radius 2 is 0.796 bits per heavy atom. The van der Waals surface area contributed by atoms with Gasteiger partial charge in [0.15, 0.2) is 0 Å². The maximum atomic E-state index is 12.9. The van der Waals surface area contributed by atoms with Crippen molar-refractivity contribution in [1.29, 1.82) is 0 Å². The Labute approximate surface area is 293 Å². The predicted octanol–water partition coefficient (Wildman–Crippen LogP) is 10.3. The van der Waals surface area contributed by atoms with Gasteiger partial charge in [-0.3, -0.25) is 19.6 Å². The average Bonchev–Trinajstić information content (AvgIpc) is 2.91. The van der Waals surface area contributed by atoms with Crippen molar-refractivity contribution in [2.24, 2.45) is 5.92 Å². The highest BCUT2D eigenvalue weighted by atomic mass is 19.4. The van der Waals surface area contributed by atoms with Gasteiger partial charge in [0.05, 0.1) is 12.5 Å². The van der Waals surface area contributed by atoms with E-state index in [1.165, 1.54) is 0 Å². The van der Waals surface area contributed by atoms with Gasteiger partial charge in [0.2, 0.25) is 0 Å². The fraction of sp³-hybridized carbons (Fsp3) is 1.00. The summed E-state index contributed by atoms with van der Waals surface area (Å²) < 4.78 is 101. The molecule has 294 valence electrons. The van der Waals surface area contributed by atoms with Crippen LogP contribution in [0.3, 0.4) is 0 Å².